The first-order valence-corrected chi connectivity index (χ1v) is 7.38. The lowest BCUT2D eigenvalue weighted by atomic mass is 9.71. The first kappa shape index (κ1) is 15.3. The molecule has 114 valence electrons. The smallest absolute Gasteiger partial charge is 0.326 e. The standard InChI is InChI=1S/C14H24N2O4/c15-9-14(4-2-1-3-5-14)7-12(18)16-8-10(17)6-11(16)13(19)20/h10-11,17H,1-9,15H2,(H,19,20)/t10-,11-/m0/s1. The Kier molecular flexibility index (Phi) is 4.65. The maximum Gasteiger partial charge on any atom is 0.326 e. The summed E-state index contributed by atoms with van der Waals surface area (Å²) in [7, 11) is 0. The summed E-state index contributed by atoms with van der Waals surface area (Å²) < 4.78 is 0. The minimum absolute atomic E-state index is 0.121. The molecule has 0 radical (unpaired) electrons. The molecule has 0 bridgehead atoms. The lowest BCUT2D eigenvalue weighted by molar-refractivity contribution is -0.149. The van der Waals surface area contributed by atoms with E-state index >= 15 is 0 Å². The van der Waals surface area contributed by atoms with Crippen molar-refractivity contribution in [2.24, 2.45) is 11.1 Å². The molecule has 4 N–H and O–H groups in total. The number of likely N-dealkylation sites (tertiary alicyclic amines) is 1. The van der Waals surface area contributed by atoms with Crippen LogP contribution in [0.4, 0.5) is 0 Å². The van der Waals surface area contributed by atoms with Gasteiger partial charge in [-0.2, -0.15) is 0 Å². The van der Waals surface area contributed by atoms with Crippen LogP contribution in [0.2, 0.25) is 0 Å². The predicted octanol–water partition coefficient (Wildman–Crippen LogP) is 0.332. The Morgan fingerprint density at radius 1 is 1.25 bits per heavy atom. The van der Waals surface area contributed by atoms with Gasteiger partial charge in [-0.25, -0.2) is 4.79 Å². The second-order valence-electron chi connectivity index (χ2n) is 6.23. The van der Waals surface area contributed by atoms with Crippen molar-refractivity contribution in [3.8, 4) is 0 Å². The lowest BCUT2D eigenvalue weighted by Crippen LogP contribution is -2.45. The van der Waals surface area contributed by atoms with Crippen LogP contribution in [0.1, 0.15) is 44.9 Å². The van der Waals surface area contributed by atoms with E-state index in [0.717, 1.165) is 25.7 Å². The number of amides is 1. The molecule has 2 atom stereocenters. The molecule has 20 heavy (non-hydrogen) atoms. The topological polar surface area (TPSA) is 104 Å². The van der Waals surface area contributed by atoms with Gasteiger partial charge in [0.05, 0.1) is 6.10 Å². The third kappa shape index (κ3) is 3.12. The maximum atomic E-state index is 12.4. The van der Waals surface area contributed by atoms with E-state index in [-0.39, 0.29) is 24.3 Å². The van der Waals surface area contributed by atoms with Crippen molar-refractivity contribution in [3.63, 3.8) is 0 Å². The van der Waals surface area contributed by atoms with Crippen molar-refractivity contribution in [1.82, 2.24) is 4.90 Å². The van der Waals surface area contributed by atoms with Gasteiger partial charge >= 0.3 is 5.97 Å². The quantitative estimate of drug-likeness (QED) is 0.690. The molecule has 6 nitrogen and oxygen atoms in total. The summed E-state index contributed by atoms with van der Waals surface area (Å²) in [4.78, 5) is 24.9. The van der Waals surface area contributed by atoms with Gasteiger partial charge in [0, 0.05) is 19.4 Å². The molecule has 2 rings (SSSR count). The highest BCUT2D eigenvalue weighted by Gasteiger charge is 2.42. The second kappa shape index (κ2) is 6.10. The minimum atomic E-state index is -1.04. The Morgan fingerprint density at radius 2 is 1.90 bits per heavy atom. The predicted molar refractivity (Wildman–Crippen MR) is 73.0 cm³/mol. The number of aliphatic hydroxyl groups is 1. The summed E-state index contributed by atoms with van der Waals surface area (Å²) in [6.07, 6.45) is 4.89. The van der Waals surface area contributed by atoms with Crippen LogP contribution in [0, 0.1) is 5.41 Å². The molecule has 0 aromatic carbocycles. The van der Waals surface area contributed by atoms with Crippen molar-refractivity contribution in [3.05, 3.63) is 0 Å². The van der Waals surface area contributed by atoms with E-state index in [1.165, 1.54) is 11.3 Å². The summed E-state index contributed by atoms with van der Waals surface area (Å²) in [5, 5.41) is 18.8. The summed E-state index contributed by atoms with van der Waals surface area (Å²) in [5.41, 5.74) is 5.70. The zero-order valence-electron chi connectivity index (χ0n) is 11.8. The largest absolute Gasteiger partial charge is 0.480 e. The van der Waals surface area contributed by atoms with E-state index in [0.29, 0.717) is 13.0 Å². The van der Waals surface area contributed by atoms with Crippen LogP contribution in [0.15, 0.2) is 0 Å². The Labute approximate surface area is 118 Å². The van der Waals surface area contributed by atoms with Crippen LogP contribution < -0.4 is 5.73 Å². The third-order valence-electron chi connectivity index (χ3n) is 4.76. The van der Waals surface area contributed by atoms with Crippen LogP contribution in [0.3, 0.4) is 0 Å². The van der Waals surface area contributed by atoms with Gasteiger partial charge in [0.25, 0.3) is 0 Å². The Bertz CT molecular complexity index is 379. The highest BCUT2D eigenvalue weighted by molar-refractivity contribution is 5.84. The number of aliphatic hydroxyl groups excluding tert-OH is 1. The van der Waals surface area contributed by atoms with Gasteiger partial charge in [0.2, 0.25) is 5.91 Å². The molecule has 1 aliphatic heterocycles. The number of carboxylic acid groups (broad SMARTS) is 1. The molecule has 0 aromatic heterocycles. The zero-order chi connectivity index (χ0) is 14.8. The number of rotatable bonds is 4. The first-order valence-electron chi connectivity index (χ1n) is 7.38. The van der Waals surface area contributed by atoms with Crippen molar-refractivity contribution >= 4 is 11.9 Å². The Balaban J connectivity index is 2.04. The molecule has 0 aromatic rings. The van der Waals surface area contributed by atoms with E-state index in [1.807, 2.05) is 0 Å². The molecule has 1 amide bonds. The van der Waals surface area contributed by atoms with Gasteiger partial charge in [0.15, 0.2) is 0 Å². The number of nitrogens with zero attached hydrogens (tertiary/aromatic N) is 1. The van der Waals surface area contributed by atoms with Crippen LogP contribution >= 0.6 is 0 Å². The number of β-amino-alcohol motifs (C(OH)–C–C–N with tert-alkyl or cyclic N) is 1. The monoisotopic (exact) mass is 284 g/mol. The molecule has 6 heteroatoms. The number of aliphatic carboxylic acids is 1. The molecule has 2 fully saturated rings. The van der Waals surface area contributed by atoms with Gasteiger partial charge in [0.1, 0.15) is 6.04 Å². The molecular formula is C14H24N2O4. The average Bonchev–Trinajstić information content (AvgIpc) is 2.82. The molecule has 2 aliphatic rings. The fourth-order valence-corrected chi connectivity index (χ4v) is 3.50. The number of carboxylic acids is 1. The normalized spacial score (nSPS) is 29.4. The number of carbonyl (C=O) groups excluding carboxylic acids is 1. The molecule has 0 unspecified atom stereocenters. The summed E-state index contributed by atoms with van der Waals surface area (Å²) in [5.74, 6) is -1.22. The lowest BCUT2D eigenvalue weighted by Gasteiger charge is -2.37. The van der Waals surface area contributed by atoms with Crippen molar-refractivity contribution in [2.45, 2.75) is 57.1 Å². The van der Waals surface area contributed by atoms with Crippen LogP contribution in [0.25, 0.3) is 0 Å². The molecule has 1 aliphatic carbocycles. The second-order valence-corrected chi connectivity index (χ2v) is 6.23. The molecular weight excluding hydrogens is 260 g/mol. The zero-order valence-corrected chi connectivity index (χ0v) is 11.8. The molecule has 1 heterocycles. The van der Waals surface area contributed by atoms with E-state index < -0.39 is 18.1 Å². The van der Waals surface area contributed by atoms with Gasteiger partial charge in [-0.3, -0.25) is 4.79 Å². The van der Waals surface area contributed by atoms with Crippen LogP contribution in [-0.2, 0) is 9.59 Å². The Morgan fingerprint density at radius 3 is 2.45 bits per heavy atom. The van der Waals surface area contributed by atoms with Gasteiger partial charge in [-0.1, -0.05) is 19.3 Å². The minimum Gasteiger partial charge on any atom is -0.480 e. The highest BCUT2D eigenvalue weighted by Crippen LogP contribution is 2.39. The fraction of sp³-hybridized carbons (Fsp3) is 0.857. The maximum absolute atomic E-state index is 12.4. The van der Waals surface area contributed by atoms with Crippen LogP contribution in [0.5, 0.6) is 0 Å². The molecule has 1 saturated carbocycles. The summed E-state index contributed by atoms with van der Waals surface area (Å²) >= 11 is 0. The van der Waals surface area contributed by atoms with E-state index in [9.17, 15) is 14.7 Å². The van der Waals surface area contributed by atoms with Gasteiger partial charge in [-0.15, -0.1) is 0 Å². The summed E-state index contributed by atoms with van der Waals surface area (Å²) in [6, 6.07) is -0.893. The third-order valence-corrected chi connectivity index (χ3v) is 4.76. The number of hydrogen-bond acceptors (Lipinski definition) is 4. The molecule has 1 saturated heterocycles. The fourth-order valence-electron chi connectivity index (χ4n) is 3.50. The van der Waals surface area contributed by atoms with Crippen molar-refractivity contribution in [1.29, 1.82) is 0 Å². The van der Waals surface area contributed by atoms with Crippen molar-refractivity contribution < 1.29 is 19.8 Å². The van der Waals surface area contributed by atoms with E-state index in [2.05, 4.69) is 0 Å². The SMILES string of the molecule is NCC1(CC(=O)N2C[C@@H](O)C[C@H]2C(=O)O)CCCCC1. The number of nitrogens with two attached hydrogens (primary N) is 1. The van der Waals surface area contributed by atoms with E-state index in [4.69, 9.17) is 10.8 Å². The highest BCUT2D eigenvalue weighted by atomic mass is 16.4. The van der Waals surface area contributed by atoms with Crippen LogP contribution in [-0.4, -0.2) is 52.2 Å². The van der Waals surface area contributed by atoms with Gasteiger partial charge < -0.3 is 20.8 Å². The number of hydrogen-bond donors (Lipinski definition) is 3. The average molecular weight is 284 g/mol. The summed E-state index contributed by atoms with van der Waals surface area (Å²) in [6.45, 7) is 0.587. The molecule has 0 spiro atoms. The number of carbonyl (C=O) groups is 2. The Hall–Kier alpha value is -1.14. The van der Waals surface area contributed by atoms with Gasteiger partial charge in [-0.05, 0) is 24.8 Å². The first-order chi connectivity index (χ1) is 9.47. The van der Waals surface area contributed by atoms with Crippen molar-refractivity contribution in [2.75, 3.05) is 13.1 Å². The van der Waals surface area contributed by atoms with E-state index in [1.54, 1.807) is 0 Å².